The quantitative estimate of drug-likeness (QED) is 0.525. The summed E-state index contributed by atoms with van der Waals surface area (Å²) in [6, 6.07) is 12.7. The molecule has 0 spiro atoms. The van der Waals surface area contributed by atoms with Gasteiger partial charge in [0.25, 0.3) is 5.56 Å². The molecule has 0 aliphatic carbocycles. The third-order valence-corrected chi connectivity index (χ3v) is 4.06. The number of carbonyl (C=O) groups is 1. The van der Waals surface area contributed by atoms with Crippen LogP contribution in [0.3, 0.4) is 0 Å². The van der Waals surface area contributed by atoms with Crippen LogP contribution in [-0.4, -0.2) is 27.8 Å². The predicted molar refractivity (Wildman–Crippen MR) is 114 cm³/mol. The van der Waals surface area contributed by atoms with Crippen molar-refractivity contribution in [1.82, 2.24) is 14.4 Å². The molecule has 0 fully saturated rings. The van der Waals surface area contributed by atoms with Crippen LogP contribution >= 0.6 is 0 Å². The number of pyridine rings is 2. The van der Waals surface area contributed by atoms with Gasteiger partial charge < -0.3 is 10.1 Å². The van der Waals surface area contributed by atoms with Crippen LogP contribution in [-0.2, 0) is 0 Å². The lowest BCUT2D eigenvalue weighted by molar-refractivity contribution is 0.112. The van der Waals surface area contributed by atoms with Gasteiger partial charge in [-0.15, -0.1) is 0 Å². The maximum atomic E-state index is 12.6. The summed E-state index contributed by atoms with van der Waals surface area (Å²) in [6.07, 6.45) is 5.02. The van der Waals surface area contributed by atoms with Crippen LogP contribution in [0.25, 0.3) is 16.6 Å². The van der Waals surface area contributed by atoms with Gasteiger partial charge in [-0.3, -0.25) is 19.0 Å². The van der Waals surface area contributed by atoms with Crippen molar-refractivity contribution in [2.24, 2.45) is 0 Å². The van der Waals surface area contributed by atoms with E-state index < -0.39 is 5.56 Å². The molecule has 0 radical (unpaired) electrons. The largest absolute Gasteiger partial charge is 0.493 e. The number of aromatic nitrogens is 3. The highest BCUT2D eigenvalue weighted by Crippen LogP contribution is 2.23. The van der Waals surface area contributed by atoms with Crippen molar-refractivity contribution in [3.63, 3.8) is 0 Å². The molecule has 3 aromatic heterocycles. The Hall–Kier alpha value is -3.74. The molecule has 7 heteroatoms. The molecule has 0 bridgehead atoms. The first-order valence-corrected chi connectivity index (χ1v) is 9.29. The average molecular weight is 390 g/mol. The zero-order valence-electron chi connectivity index (χ0n) is 16.5. The minimum absolute atomic E-state index is 0.0537. The van der Waals surface area contributed by atoms with Crippen molar-refractivity contribution >= 4 is 34.3 Å². The normalized spacial score (nSPS) is 10.3. The summed E-state index contributed by atoms with van der Waals surface area (Å²) in [5.74, 6) is 0.616. The second kappa shape index (κ2) is 8.97. The Morgan fingerprint density at radius 2 is 1.97 bits per heavy atom. The molecule has 1 aromatic carbocycles. The summed E-state index contributed by atoms with van der Waals surface area (Å²) in [4.78, 5) is 32.9. The first kappa shape index (κ1) is 20.0. The third-order valence-electron chi connectivity index (χ3n) is 4.06. The molecule has 0 amide bonds. The molecule has 4 aromatic rings. The number of nitrogens with zero attached hydrogens (tertiary/aromatic N) is 3. The smallest absolute Gasteiger partial charge is 0.270 e. The van der Waals surface area contributed by atoms with E-state index in [1.165, 1.54) is 17.9 Å². The number of fused-ring (bicyclic) bond motifs is 2. The molecule has 0 atom stereocenters. The number of methoxy groups -OCH3 is 1. The fourth-order valence-electron chi connectivity index (χ4n) is 2.80. The number of hydrogen-bond acceptors (Lipinski definition) is 6. The molecule has 3 heterocycles. The van der Waals surface area contributed by atoms with Gasteiger partial charge in [0.1, 0.15) is 11.4 Å². The van der Waals surface area contributed by atoms with Crippen molar-refractivity contribution in [1.29, 1.82) is 0 Å². The van der Waals surface area contributed by atoms with Gasteiger partial charge in [-0.25, -0.2) is 4.98 Å². The highest BCUT2D eigenvalue weighted by molar-refractivity contribution is 5.87. The SMILES string of the molecule is CCC.COc1cccn2c(=O)c(C=O)c(Nc3ccc4ncccc4c3)nc12. The summed E-state index contributed by atoms with van der Waals surface area (Å²) in [6.45, 7) is 4.25. The van der Waals surface area contributed by atoms with Gasteiger partial charge in [0.15, 0.2) is 17.7 Å². The number of carbonyl (C=O) groups excluding carboxylic acids is 1. The molecular formula is C22H22N4O3. The molecule has 4 rings (SSSR count). The second-order valence-electron chi connectivity index (χ2n) is 6.31. The van der Waals surface area contributed by atoms with Crippen LogP contribution < -0.4 is 15.6 Å². The number of rotatable bonds is 4. The Labute approximate surface area is 168 Å². The molecule has 7 nitrogen and oxygen atoms in total. The molecule has 0 aliphatic heterocycles. The van der Waals surface area contributed by atoms with E-state index in [-0.39, 0.29) is 11.4 Å². The fraction of sp³-hybridized carbons (Fsp3) is 0.182. The summed E-state index contributed by atoms with van der Waals surface area (Å²) in [5, 5.41) is 3.99. The lowest BCUT2D eigenvalue weighted by Crippen LogP contribution is -2.21. The van der Waals surface area contributed by atoms with Crippen molar-refractivity contribution < 1.29 is 9.53 Å². The van der Waals surface area contributed by atoms with Crippen LogP contribution in [0.4, 0.5) is 11.5 Å². The maximum absolute atomic E-state index is 12.6. The van der Waals surface area contributed by atoms with Gasteiger partial charge in [0, 0.05) is 23.5 Å². The fourth-order valence-corrected chi connectivity index (χ4v) is 2.80. The molecule has 1 N–H and O–H groups in total. The highest BCUT2D eigenvalue weighted by Gasteiger charge is 2.15. The molecule has 0 unspecified atom stereocenters. The Bertz CT molecular complexity index is 1220. The molecule has 0 saturated heterocycles. The van der Waals surface area contributed by atoms with E-state index in [9.17, 15) is 9.59 Å². The topological polar surface area (TPSA) is 85.6 Å². The Morgan fingerprint density at radius 3 is 2.69 bits per heavy atom. The highest BCUT2D eigenvalue weighted by atomic mass is 16.5. The number of hydrogen-bond donors (Lipinski definition) is 1. The van der Waals surface area contributed by atoms with Crippen molar-refractivity contribution in [3.8, 4) is 5.75 Å². The van der Waals surface area contributed by atoms with E-state index in [0.717, 1.165) is 10.9 Å². The van der Waals surface area contributed by atoms with Crippen molar-refractivity contribution in [3.05, 3.63) is 70.8 Å². The van der Waals surface area contributed by atoms with Crippen LogP contribution in [0.15, 0.2) is 59.7 Å². The van der Waals surface area contributed by atoms with Gasteiger partial charge in [-0.1, -0.05) is 26.3 Å². The number of nitrogens with one attached hydrogen (secondary N) is 1. The number of anilines is 2. The molecule has 0 aliphatic rings. The van der Waals surface area contributed by atoms with Gasteiger partial charge in [-0.05, 0) is 36.4 Å². The van der Waals surface area contributed by atoms with Crippen LogP contribution in [0, 0.1) is 0 Å². The van der Waals surface area contributed by atoms with E-state index in [0.29, 0.717) is 23.4 Å². The standard InChI is InChI=1S/C19H14N4O3.C3H8/c1-26-16-5-3-9-23-18(16)22-17(14(11-24)19(23)25)21-13-6-7-15-12(10-13)4-2-8-20-15;1-3-2/h2-11,21H,1H3;3H2,1-2H3. The number of benzene rings is 1. The van der Waals surface area contributed by atoms with Crippen LogP contribution in [0.5, 0.6) is 5.75 Å². The minimum atomic E-state index is -0.464. The van der Waals surface area contributed by atoms with E-state index in [1.54, 1.807) is 24.5 Å². The zero-order valence-corrected chi connectivity index (χ0v) is 16.5. The summed E-state index contributed by atoms with van der Waals surface area (Å²) in [5.41, 5.74) is 1.35. The maximum Gasteiger partial charge on any atom is 0.270 e. The van der Waals surface area contributed by atoms with Gasteiger partial charge >= 0.3 is 0 Å². The summed E-state index contributed by atoms with van der Waals surface area (Å²) >= 11 is 0. The minimum Gasteiger partial charge on any atom is -0.493 e. The summed E-state index contributed by atoms with van der Waals surface area (Å²) in [7, 11) is 1.50. The van der Waals surface area contributed by atoms with Crippen molar-refractivity contribution in [2.75, 3.05) is 12.4 Å². The zero-order chi connectivity index (χ0) is 20.8. The van der Waals surface area contributed by atoms with E-state index in [1.807, 2.05) is 30.3 Å². The summed E-state index contributed by atoms with van der Waals surface area (Å²) < 4.78 is 6.56. The van der Waals surface area contributed by atoms with E-state index in [2.05, 4.69) is 29.1 Å². The Balaban J connectivity index is 0.000000755. The Kier molecular flexibility index (Phi) is 6.19. The lowest BCUT2D eigenvalue weighted by atomic mass is 10.2. The first-order valence-electron chi connectivity index (χ1n) is 9.29. The van der Waals surface area contributed by atoms with Gasteiger partial charge in [-0.2, -0.15) is 0 Å². The van der Waals surface area contributed by atoms with Crippen molar-refractivity contribution in [2.45, 2.75) is 20.3 Å². The lowest BCUT2D eigenvalue weighted by Gasteiger charge is -2.12. The van der Waals surface area contributed by atoms with Crippen LogP contribution in [0.1, 0.15) is 30.6 Å². The molecule has 29 heavy (non-hydrogen) atoms. The van der Waals surface area contributed by atoms with E-state index >= 15 is 0 Å². The monoisotopic (exact) mass is 390 g/mol. The van der Waals surface area contributed by atoms with E-state index in [4.69, 9.17) is 4.74 Å². The number of ether oxygens (including phenoxy) is 1. The van der Waals surface area contributed by atoms with Gasteiger partial charge in [0.05, 0.1) is 12.6 Å². The average Bonchev–Trinajstić information content (AvgIpc) is 2.74. The van der Waals surface area contributed by atoms with Gasteiger partial charge in [0.2, 0.25) is 0 Å². The Morgan fingerprint density at radius 1 is 1.17 bits per heavy atom. The molecular weight excluding hydrogens is 368 g/mol. The van der Waals surface area contributed by atoms with Crippen LogP contribution in [0.2, 0.25) is 0 Å². The molecule has 0 saturated carbocycles. The molecule has 148 valence electrons. The third kappa shape index (κ3) is 4.08. The number of aldehydes is 1. The first-order chi connectivity index (χ1) is 14.1. The predicted octanol–water partition coefficient (Wildman–Crippen LogP) is 4.22. The second-order valence-corrected chi connectivity index (χ2v) is 6.31.